The summed E-state index contributed by atoms with van der Waals surface area (Å²) in [7, 11) is -2.85. The molecule has 0 N–H and O–H groups in total. The molecule has 0 spiro atoms. The molecule has 0 fully saturated rings. The first-order valence-corrected chi connectivity index (χ1v) is 1.92. The van der Waals surface area contributed by atoms with E-state index >= 15 is 0 Å². The Labute approximate surface area is 147 Å². The van der Waals surface area contributed by atoms with Crippen molar-refractivity contribution in [1.82, 2.24) is 0 Å². The molecular weight excluding hydrogens is 218 g/mol. The van der Waals surface area contributed by atoms with Gasteiger partial charge in [0.05, 0.1) is 7.32 Å². The summed E-state index contributed by atoms with van der Waals surface area (Å²) in [6.07, 6.45) is -4.59. The summed E-state index contributed by atoms with van der Waals surface area (Å²) in [6, 6.07) is 0. The molecule has 54 valence electrons. The average molecular weight is 220 g/mol. The second-order valence-corrected chi connectivity index (χ2v) is 1.21. The van der Waals surface area contributed by atoms with Crippen LogP contribution in [0.25, 0.3) is 0 Å². The Balaban J connectivity index is -0.000000320. The number of alkyl halides is 3. The van der Waals surface area contributed by atoms with Gasteiger partial charge in [0.2, 0.25) is 0 Å². The van der Waals surface area contributed by atoms with Gasteiger partial charge in [0.25, 0.3) is 0 Å². The second kappa shape index (κ2) is 9.56. The van der Waals surface area contributed by atoms with Crippen LogP contribution in [0, 0.1) is 0 Å². The van der Waals surface area contributed by atoms with Crippen LogP contribution in [0.3, 0.4) is 0 Å². The topological polar surface area (TPSA) is 55.3 Å². The van der Waals surface area contributed by atoms with Crippen LogP contribution in [0.15, 0.2) is 0 Å². The largest absolute Gasteiger partial charge is 1.00 e. The van der Waals surface area contributed by atoms with Crippen LogP contribution in [-0.2, 0) is 4.65 Å². The Bertz CT molecular complexity index is 89.1. The fourth-order valence-corrected chi connectivity index (χ4v) is 0.163. The van der Waals surface area contributed by atoms with Crippen LogP contribution < -0.4 is 113 Å². The van der Waals surface area contributed by atoms with E-state index in [1.54, 1.807) is 0 Å². The molecule has 0 aromatic carbocycles. The zero-order chi connectivity index (χ0) is 7.49. The van der Waals surface area contributed by atoms with Crippen LogP contribution in [0.2, 0.25) is 0 Å². The molecule has 0 atom stereocenters. The first-order valence-electron chi connectivity index (χ1n) is 1.92. The molecule has 0 saturated heterocycles. The van der Waals surface area contributed by atoms with Gasteiger partial charge in [-0.3, -0.25) is 0 Å². The van der Waals surface area contributed by atoms with Crippen molar-refractivity contribution in [2.45, 2.75) is 6.18 Å². The molecule has 0 unspecified atom stereocenters. The molecule has 0 aliphatic carbocycles. The fraction of sp³-hybridized carbons (Fsp3) is 1.00. The molecule has 9 heteroatoms. The van der Waals surface area contributed by atoms with Gasteiger partial charge in [0, 0.05) is 0 Å². The van der Waals surface area contributed by atoms with E-state index in [0.717, 1.165) is 0 Å². The summed E-state index contributed by atoms with van der Waals surface area (Å²) < 4.78 is 36.2. The van der Waals surface area contributed by atoms with E-state index < -0.39 is 20.1 Å². The molecule has 0 aromatic heterocycles. The van der Waals surface area contributed by atoms with Crippen molar-refractivity contribution in [2.24, 2.45) is 0 Å². The first-order chi connectivity index (χ1) is 3.92. The minimum Gasteiger partial charge on any atom is -0.871 e. The van der Waals surface area contributed by atoms with Crippen molar-refractivity contribution < 1.29 is 131 Å². The molecule has 0 saturated carbocycles. The number of rotatable bonds is 2. The first kappa shape index (κ1) is 19.6. The SMILES string of the molecule is [K+].[K+].[O-]B([O-])OCC(F)(F)F. The maximum Gasteiger partial charge on any atom is 1.00 e. The third-order valence-corrected chi connectivity index (χ3v) is 0.383. The predicted octanol–water partition coefficient (Wildman–Crippen LogP) is -7.72. The van der Waals surface area contributed by atoms with E-state index in [0.29, 0.717) is 0 Å². The Morgan fingerprint density at radius 1 is 1.18 bits per heavy atom. The Morgan fingerprint density at radius 2 is 1.55 bits per heavy atom. The monoisotopic (exact) mass is 220 g/mol. The van der Waals surface area contributed by atoms with Crippen LogP contribution >= 0.6 is 0 Å². The van der Waals surface area contributed by atoms with E-state index in [1.807, 2.05) is 0 Å². The predicted molar refractivity (Wildman–Crippen MR) is 17.8 cm³/mol. The van der Waals surface area contributed by atoms with Crippen LogP contribution in [0.1, 0.15) is 0 Å². The summed E-state index contributed by atoms with van der Waals surface area (Å²) in [4.78, 5) is 0. The van der Waals surface area contributed by atoms with Gasteiger partial charge in [-0.25, -0.2) is 0 Å². The van der Waals surface area contributed by atoms with Gasteiger partial charge in [0.15, 0.2) is 0 Å². The summed E-state index contributed by atoms with van der Waals surface area (Å²) in [5.74, 6) is 0. The van der Waals surface area contributed by atoms with Gasteiger partial charge >= 0.3 is 109 Å². The summed E-state index contributed by atoms with van der Waals surface area (Å²) >= 11 is 0. The van der Waals surface area contributed by atoms with Crippen molar-refractivity contribution in [3.63, 3.8) is 0 Å². The third-order valence-electron chi connectivity index (χ3n) is 0.383. The average Bonchev–Trinajstić information content (AvgIpc) is 1.59. The maximum atomic E-state index is 11.0. The van der Waals surface area contributed by atoms with Crippen molar-refractivity contribution in [1.29, 1.82) is 0 Å². The molecule has 11 heavy (non-hydrogen) atoms. The normalized spacial score (nSPS) is 9.55. The molecule has 0 amide bonds. The third kappa shape index (κ3) is 19.4. The van der Waals surface area contributed by atoms with Gasteiger partial charge in [-0.05, 0) is 0 Å². The van der Waals surface area contributed by atoms with Gasteiger partial charge in [-0.15, -0.1) is 0 Å². The van der Waals surface area contributed by atoms with Gasteiger partial charge in [-0.1, -0.05) is 0 Å². The second-order valence-electron chi connectivity index (χ2n) is 1.21. The van der Waals surface area contributed by atoms with Gasteiger partial charge in [0.1, 0.15) is 6.61 Å². The molecule has 0 aliphatic rings. The van der Waals surface area contributed by atoms with Gasteiger partial charge < -0.3 is 14.7 Å². The molecule has 0 heterocycles. The molecule has 0 radical (unpaired) electrons. The summed E-state index contributed by atoms with van der Waals surface area (Å²) in [5.41, 5.74) is 0. The van der Waals surface area contributed by atoms with E-state index in [2.05, 4.69) is 4.65 Å². The summed E-state index contributed by atoms with van der Waals surface area (Å²) in [5, 5.41) is 18.6. The van der Waals surface area contributed by atoms with Gasteiger partial charge in [-0.2, -0.15) is 13.2 Å². The zero-order valence-electron chi connectivity index (χ0n) is 6.14. The number of halogens is 3. The number of hydrogen-bond donors (Lipinski definition) is 0. The van der Waals surface area contributed by atoms with E-state index in [-0.39, 0.29) is 103 Å². The van der Waals surface area contributed by atoms with Crippen LogP contribution in [0.4, 0.5) is 13.2 Å². The van der Waals surface area contributed by atoms with E-state index in [1.165, 1.54) is 0 Å². The van der Waals surface area contributed by atoms with Crippen molar-refractivity contribution in [3.05, 3.63) is 0 Å². The zero-order valence-corrected chi connectivity index (χ0v) is 12.4. The molecule has 3 nitrogen and oxygen atoms in total. The standard InChI is InChI=1S/C2H2BF3O3.2K/c4-2(5,6)1-9-3(7)8;;/h1H2;;/q-2;2*+1. The van der Waals surface area contributed by atoms with Crippen LogP contribution in [0.5, 0.6) is 0 Å². The quantitative estimate of drug-likeness (QED) is 0.434. The fourth-order valence-electron chi connectivity index (χ4n) is 0.163. The Hall–Kier alpha value is 3.01. The molecule has 0 rings (SSSR count). The maximum absolute atomic E-state index is 11.0. The van der Waals surface area contributed by atoms with Crippen molar-refractivity contribution >= 4 is 7.32 Å². The van der Waals surface area contributed by atoms with E-state index in [4.69, 9.17) is 0 Å². The number of hydrogen-bond acceptors (Lipinski definition) is 3. The Morgan fingerprint density at radius 3 is 1.64 bits per heavy atom. The van der Waals surface area contributed by atoms with Crippen LogP contribution in [-0.4, -0.2) is 20.1 Å². The van der Waals surface area contributed by atoms with Crippen molar-refractivity contribution in [2.75, 3.05) is 6.61 Å². The summed E-state index contributed by atoms with van der Waals surface area (Å²) in [6.45, 7) is -1.77. The molecule has 0 aromatic rings. The molecule has 0 aliphatic heterocycles. The minimum absolute atomic E-state index is 0. The Kier molecular flexibility index (Phi) is 17.0. The molecule has 0 bridgehead atoms. The van der Waals surface area contributed by atoms with Crippen molar-refractivity contribution in [3.8, 4) is 0 Å². The minimum atomic E-state index is -4.59. The smallest absolute Gasteiger partial charge is 0.871 e. The van der Waals surface area contributed by atoms with E-state index in [9.17, 15) is 23.2 Å². The molecular formula is C2H2BF3K2O3.